The maximum Gasteiger partial charge on any atom is 0.244 e. The van der Waals surface area contributed by atoms with Crippen LogP contribution in [0, 0.1) is 0 Å². The van der Waals surface area contributed by atoms with Crippen molar-refractivity contribution < 1.29 is 14.4 Å². The summed E-state index contributed by atoms with van der Waals surface area (Å²) in [5.74, 6) is 1.07. The van der Waals surface area contributed by atoms with E-state index in [2.05, 4.69) is 10.1 Å². The second kappa shape index (κ2) is 5.60. The Balaban J connectivity index is 2.10. The van der Waals surface area contributed by atoms with Crippen molar-refractivity contribution in [3.63, 3.8) is 0 Å². The summed E-state index contributed by atoms with van der Waals surface area (Å²) < 4.78 is 10.5. The fourth-order valence-corrected chi connectivity index (χ4v) is 1.69. The Morgan fingerprint density at radius 3 is 2.60 bits per heavy atom. The maximum absolute atomic E-state index is 9.24. The van der Waals surface area contributed by atoms with Crippen molar-refractivity contribution in [2.45, 2.75) is 31.9 Å². The van der Waals surface area contributed by atoms with Crippen LogP contribution in [0.2, 0.25) is 0 Å². The molecule has 0 aliphatic carbocycles. The third kappa shape index (κ3) is 3.15. The number of ether oxygens (including phenoxy) is 1. The molecule has 0 radical (unpaired) electrons. The number of aromatic hydroxyl groups is 1. The summed E-state index contributed by atoms with van der Waals surface area (Å²) in [6, 6.07) is 6.47. The van der Waals surface area contributed by atoms with Gasteiger partial charge < -0.3 is 20.1 Å². The number of phenolic OH excluding ortho intramolecular Hbond substituents is 1. The molecule has 20 heavy (non-hydrogen) atoms. The summed E-state index contributed by atoms with van der Waals surface area (Å²) >= 11 is 0. The van der Waals surface area contributed by atoms with E-state index in [4.69, 9.17) is 15.0 Å². The van der Waals surface area contributed by atoms with Crippen LogP contribution < -0.4 is 5.73 Å². The first-order chi connectivity index (χ1) is 9.42. The summed E-state index contributed by atoms with van der Waals surface area (Å²) in [6.45, 7) is 3.71. The number of nitrogens with zero attached hydrogens (tertiary/aromatic N) is 2. The predicted octanol–water partition coefficient (Wildman–Crippen LogP) is 1.90. The standard InChI is InChI=1S/C14H19N3O3/c1-14(2,19-3)13-16-12(20-17-13)11(15)8-9-4-6-10(18)7-5-9/h4-7,11,18H,8,15H2,1-3H3. The van der Waals surface area contributed by atoms with Crippen LogP contribution in [0.5, 0.6) is 5.75 Å². The Hall–Kier alpha value is -1.92. The quantitative estimate of drug-likeness (QED) is 0.866. The zero-order chi connectivity index (χ0) is 14.8. The summed E-state index contributed by atoms with van der Waals surface area (Å²) in [7, 11) is 1.59. The lowest BCUT2D eigenvalue weighted by molar-refractivity contribution is 0.00973. The smallest absolute Gasteiger partial charge is 0.244 e. The van der Waals surface area contributed by atoms with E-state index in [1.807, 2.05) is 26.0 Å². The van der Waals surface area contributed by atoms with Crippen molar-refractivity contribution >= 4 is 0 Å². The number of phenols is 1. The lowest BCUT2D eigenvalue weighted by atomic mass is 10.1. The van der Waals surface area contributed by atoms with Crippen molar-refractivity contribution in [2.24, 2.45) is 5.73 Å². The Kier molecular flexibility index (Phi) is 4.06. The molecule has 3 N–H and O–H groups in total. The fourth-order valence-electron chi connectivity index (χ4n) is 1.69. The van der Waals surface area contributed by atoms with Crippen LogP contribution in [0.4, 0.5) is 0 Å². The molecule has 6 nitrogen and oxygen atoms in total. The molecule has 1 aromatic heterocycles. The average molecular weight is 277 g/mol. The molecular formula is C14H19N3O3. The normalized spacial score (nSPS) is 13.4. The highest BCUT2D eigenvalue weighted by molar-refractivity contribution is 5.26. The third-order valence-corrected chi connectivity index (χ3v) is 3.20. The summed E-state index contributed by atoms with van der Waals surface area (Å²) in [6.07, 6.45) is 0.551. The van der Waals surface area contributed by atoms with Gasteiger partial charge in [-0.25, -0.2) is 0 Å². The SMILES string of the molecule is COC(C)(C)c1noc(C(N)Cc2ccc(O)cc2)n1. The van der Waals surface area contributed by atoms with Gasteiger partial charge in [0.25, 0.3) is 0 Å². The molecule has 1 atom stereocenters. The van der Waals surface area contributed by atoms with Gasteiger partial charge in [-0.3, -0.25) is 0 Å². The molecule has 108 valence electrons. The Bertz CT molecular complexity index is 563. The van der Waals surface area contributed by atoms with Gasteiger partial charge in [-0.2, -0.15) is 4.98 Å². The molecule has 1 heterocycles. The van der Waals surface area contributed by atoms with Gasteiger partial charge in [-0.05, 0) is 38.0 Å². The predicted molar refractivity (Wildman–Crippen MR) is 73.1 cm³/mol. The van der Waals surface area contributed by atoms with Gasteiger partial charge in [0.1, 0.15) is 11.4 Å². The Labute approximate surface area is 117 Å². The number of aromatic nitrogens is 2. The van der Waals surface area contributed by atoms with Crippen LogP contribution in [0.3, 0.4) is 0 Å². The molecule has 0 amide bonds. The highest BCUT2D eigenvalue weighted by Crippen LogP contribution is 2.23. The minimum Gasteiger partial charge on any atom is -0.508 e. The first-order valence-corrected chi connectivity index (χ1v) is 6.35. The fraction of sp³-hybridized carbons (Fsp3) is 0.429. The Morgan fingerprint density at radius 2 is 2.00 bits per heavy atom. The summed E-state index contributed by atoms with van der Waals surface area (Å²) in [5.41, 5.74) is 6.44. The van der Waals surface area contributed by atoms with E-state index >= 15 is 0 Å². The van der Waals surface area contributed by atoms with E-state index in [0.717, 1.165) is 5.56 Å². The molecule has 2 rings (SSSR count). The third-order valence-electron chi connectivity index (χ3n) is 3.20. The molecule has 6 heteroatoms. The van der Waals surface area contributed by atoms with Crippen LogP contribution in [0.25, 0.3) is 0 Å². The molecule has 2 aromatic rings. The van der Waals surface area contributed by atoms with Gasteiger partial charge in [-0.1, -0.05) is 17.3 Å². The number of hydrogen-bond acceptors (Lipinski definition) is 6. The average Bonchev–Trinajstić information content (AvgIpc) is 2.92. The van der Waals surface area contributed by atoms with E-state index in [0.29, 0.717) is 18.1 Å². The van der Waals surface area contributed by atoms with Gasteiger partial charge >= 0.3 is 0 Å². The number of benzene rings is 1. The van der Waals surface area contributed by atoms with Gasteiger partial charge in [0, 0.05) is 7.11 Å². The van der Waals surface area contributed by atoms with Gasteiger partial charge in [0.15, 0.2) is 0 Å². The highest BCUT2D eigenvalue weighted by atomic mass is 16.5. The summed E-state index contributed by atoms with van der Waals surface area (Å²) in [5, 5.41) is 13.1. The lowest BCUT2D eigenvalue weighted by Gasteiger charge is -2.17. The minimum absolute atomic E-state index is 0.226. The van der Waals surface area contributed by atoms with Gasteiger partial charge in [0.05, 0.1) is 6.04 Å². The van der Waals surface area contributed by atoms with Crippen LogP contribution >= 0.6 is 0 Å². The molecular weight excluding hydrogens is 258 g/mol. The van der Waals surface area contributed by atoms with E-state index < -0.39 is 11.6 Å². The molecule has 0 saturated carbocycles. The maximum atomic E-state index is 9.24. The van der Waals surface area contributed by atoms with Crippen LogP contribution in [0.15, 0.2) is 28.8 Å². The highest BCUT2D eigenvalue weighted by Gasteiger charge is 2.27. The number of hydrogen-bond donors (Lipinski definition) is 2. The Morgan fingerprint density at radius 1 is 1.35 bits per heavy atom. The van der Waals surface area contributed by atoms with Crippen molar-refractivity contribution in [1.82, 2.24) is 10.1 Å². The van der Waals surface area contributed by atoms with Crippen molar-refractivity contribution in [1.29, 1.82) is 0 Å². The zero-order valence-electron chi connectivity index (χ0n) is 11.8. The van der Waals surface area contributed by atoms with Crippen molar-refractivity contribution in [3.8, 4) is 5.75 Å². The van der Waals surface area contributed by atoms with E-state index in [1.54, 1.807) is 19.2 Å². The lowest BCUT2D eigenvalue weighted by Crippen LogP contribution is -2.21. The molecule has 0 bridgehead atoms. The molecule has 1 unspecified atom stereocenters. The second-order valence-electron chi connectivity index (χ2n) is 5.15. The molecule has 0 saturated heterocycles. The molecule has 0 aliphatic heterocycles. The first-order valence-electron chi connectivity index (χ1n) is 6.35. The number of rotatable bonds is 5. The molecule has 0 fully saturated rings. The topological polar surface area (TPSA) is 94.4 Å². The van der Waals surface area contributed by atoms with Crippen molar-refractivity contribution in [2.75, 3.05) is 7.11 Å². The molecule has 1 aromatic carbocycles. The van der Waals surface area contributed by atoms with Gasteiger partial charge in [-0.15, -0.1) is 0 Å². The monoisotopic (exact) mass is 277 g/mol. The van der Waals surface area contributed by atoms with Crippen molar-refractivity contribution in [3.05, 3.63) is 41.5 Å². The first kappa shape index (κ1) is 14.5. The number of nitrogens with two attached hydrogens (primary N) is 1. The zero-order valence-corrected chi connectivity index (χ0v) is 11.8. The van der Waals surface area contributed by atoms with Crippen LogP contribution in [-0.4, -0.2) is 22.4 Å². The number of methoxy groups -OCH3 is 1. The van der Waals surface area contributed by atoms with Crippen LogP contribution in [-0.2, 0) is 16.8 Å². The van der Waals surface area contributed by atoms with E-state index in [1.165, 1.54) is 0 Å². The molecule has 0 aliphatic rings. The minimum atomic E-state index is -0.611. The largest absolute Gasteiger partial charge is 0.508 e. The van der Waals surface area contributed by atoms with Gasteiger partial charge in [0.2, 0.25) is 11.7 Å². The van der Waals surface area contributed by atoms with E-state index in [-0.39, 0.29) is 5.75 Å². The molecule has 0 spiro atoms. The van der Waals surface area contributed by atoms with Crippen LogP contribution in [0.1, 0.15) is 37.2 Å². The summed E-state index contributed by atoms with van der Waals surface area (Å²) in [4.78, 5) is 4.29. The van der Waals surface area contributed by atoms with E-state index in [9.17, 15) is 5.11 Å². The second-order valence-corrected chi connectivity index (χ2v) is 5.15.